The number of fused-ring (bicyclic) bond motifs is 1. The van der Waals surface area contributed by atoms with E-state index < -0.39 is 17.4 Å². The Morgan fingerprint density at radius 1 is 1.46 bits per heavy atom. The maximum absolute atomic E-state index is 15.1. The number of carboxylic acid groups (broad SMARTS) is 1. The smallest absolute Gasteiger partial charge is 0.412 e. The van der Waals surface area contributed by atoms with E-state index in [-0.39, 0.29) is 33.8 Å². The topological polar surface area (TPSA) is 90.4 Å². The second-order valence-corrected chi connectivity index (χ2v) is 7.07. The largest absolute Gasteiger partial charge is 0.465 e. The highest BCUT2D eigenvalue weighted by atomic mass is 19.1. The number of amides is 1. The van der Waals surface area contributed by atoms with Crippen LogP contribution in [0.25, 0.3) is 11.1 Å². The van der Waals surface area contributed by atoms with E-state index in [9.17, 15) is 15.2 Å². The van der Waals surface area contributed by atoms with E-state index in [1.54, 1.807) is 20.8 Å². The first-order valence-electron chi connectivity index (χ1n) is 7.72. The standard InChI is InChI=1S/C17H18FN3O3/c1-8-10(7-19)12-14(24-15(20-12)9-5-6-9)11(18)13(8)21(16(22)23)17(2,3)4/h9H,5-6H2,1-4H3,(H,22,23). The molecule has 0 aliphatic heterocycles. The number of oxazole rings is 1. The minimum Gasteiger partial charge on any atom is -0.465 e. The molecule has 126 valence electrons. The van der Waals surface area contributed by atoms with E-state index in [1.807, 2.05) is 6.07 Å². The van der Waals surface area contributed by atoms with Crippen LogP contribution in [-0.2, 0) is 0 Å². The summed E-state index contributed by atoms with van der Waals surface area (Å²) in [4.78, 5) is 16.9. The van der Waals surface area contributed by atoms with Gasteiger partial charge in [-0.3, -0.25) is 4.90 Å². The van der Waals surface area contributed by atoms with Crippen molar-refractivity contribution in [2.24, 2.45) is 0 Å². The van der Waals surface area contributed by atoms with Crippen molar-refractivity contribution >= 4 is 22.9 Å². The van der Waals surface area contributed by atoms with Gasteiger partial charge in [-0.05, 0) is 46.1 Å². The number of hydrogen-bond acceptors (Lipinski definition) is 4. The summed E-state index contributed by atoms with van der Waals surface area (Å²) in [5.74, 6) is -0.224. The number of nitriles is 1. The Bertz CT molecular complexity index is 885. The second kappa shape index (κ2) is 5.20. The number of benzene rings is 1. The maximum Gasteiger partial charge on any atom is 0.412 e. The Morgan fingerprint density at radius 3 is 2.54 bits per heavy atom. The third-order valence-electron chi connectivity index (χ3n) is 4.14. The molecule has 24 heavy (non-hydrogen) atoms. The molecule has 0 atom stereocenters. The van der Waals surface area contributed by atoms with Gasteiger partial charge in [0.2, 0.25) is 0 Å². The number of aromatic nitrogens is 1. The molecule has 1 aliphatic rings. The van der Waals surface area contributed by atoms with Crippen LogP contribution in [0.1, 0.15) is 56.5 Å². The molecule has 0 unspecified atom stereocenters. The molecule has 1 heterocycles. The lowest BCUT2D eigenvalue weighted by Gasteiger charge is -2.34. The lowest BCUT2D eigenvalue weighted by Crippen LogP contribution is -2.46. The van der Waals surface area contributed by atoms with Crippen LogP contribution in [0.15, 0.2) is 4.42 Å². The first kappa shape index (κ1) is 16.2. The highest BCUT2D eigenvalue weighted by Crippen LogP contribution is 2.43. The van der Waals surface area contributed by atoms with Crippen molar-refractivity contribution in [3.05, 3.63) is 22.8 Å². The van der Waals surface area contributed by atoms with Crippen LogP contribution in [0.5, 0.6) is 0 Å². The molecule has 1 aliphatic carbocycles. The zero-order chi connectivity index (χ0) is 17.8. The van der Waals surface area contributed by atoms with Crippen LogP contribution >= 0.6 is 0 Å². The van der Waals surface area contributed by atoms with Gasteiger partial charge >= 0.3 is 6.09 Å². The van der Waals surface area contributed by atoms with Crippen molar-refractivity contribution in [2.75, 3.05) is 4.90 Å². The van der Waals surface area contributed by atoms with E-state index in [0.717, 1.165) is 17.7 Å². The number of anilines is 1. The number of nitrogens with zero attached hydrogens (tertiary/aromatic N) is 3. The molecule has 2 aromatic rings. The number of hydrogen-bond donors (Lipinski definition) is 1. The highest BCUT2D eigenvalue weighted by molar-refractivity contribution is 5.95. The molecular formula is C17H18FN3O3. The third kappa shape index (κ3) is 2.39. The average Bonchev–Trinajstić information content (AvgIpc) is 3.22. The third-order valence-corrected chi connectivity index (χ3v) is 4.14. The molecule has 1 aromatic carbocycles. The quantitative estimate of drug-likeness (QED) is 0.885. The zero-order valence-electron chi connectivity index (χ0n) is 14.0. The van der Waals surface area contributed by atoms with E-state index in [4.69, 9.17) is 4.42 Å². The average molecular weight is 331 g/mol. The lowest BCUT2D eigenvalue weighted by molar-refractivity contribution is 0.195. The van der Waals surface area contributed by atoms with Gasteiger partial charge in [-0.2, -0.15) is 5.26 Å². The molecular weight excluding hydrogens is 313 g/mol. The maximum atomic E-state index is 15.1. The Labute approximate surface area is 138 Å². The lowest BCUT2D eigenvalue weighted by atomic mass is 9.99. The van der Waals surface area contributed by atoms with Crippen LogP contribution in [0.3, 0.4) is 0 Å². The molecule has 6 nitrogen and oxygen atoms in total. The van der Waals surface area contributed by atoms with Crippen molar-refractivity contribution in [2.45, 2.75) is 52.0 Å². The van der Waals surface area contributed by atoms with Crippen molar-refractivity contribution in [1.29, 1.82) is 5.26 Å². The molecule has 1 aromatic heterocycles. The van der Waals surface area contributed by atoms with Crippen molar-refractivity contribution in [1.82, 2.24) is 4.98 Å². The monoisotopic (exact) mass is 331 g/mol. The summed E-state index contributed by atoms with van der Waals surface area (Å²) in [6, 6.07) is 2.02. The Morgan fingerprint density at radius 2 is 2.08 bits per heavy atom. The summed E-state index contributed by atoms with van der Waals surface area (Å²) in [6.45, 7) is 6.51. The van der Waals surface area contributed by atoms with Crippen LogP contribution < -0.4 is 4.90 Å². The Hall–Kier alpha value is -2.62. The molecule has 3 rings (SSSR count). The Balaban J connectivity index is 2.36. The summed E-state index contributed by atoms with van der Waals surface area (Å²) < 4.78 is 20.7. The molecule has 7 heteroatoms. The Kier molecular flexibility index (Phi) is 3.52. The summed E-state index contributed by atoms with van der Waals surface area (Å²) in [5.41, 5.74) is -0.639. The van der Waals surface area contributed by atoms with Crippen LogP contribution in [0.2, 0.25) is 0 Å². The predicted octanol–water partition coefficient (Wildman–Crippen LogP) is 4.31. The van der Waals surface area contributed by atoms with Gasteiger partial charge < -0.3 is 9.52 Å². The zero-order valence-corrected chi connectivity index (χ0v) is 14.0. The van der Waals surface area contributed by atoms with E-state index in [0.29, 0.717) is 5.89 Å². The molecule has 1 amide bonds. The SMILES string of the molecule is Cc1c(N(C(=O)O)C(C)(C)C)c(F)c2oc(C3CC3)nc2c1C#N. The molecule has 1 saturated carbocycles. The molecule has 0 radical (unpaired) electrons. The van der Waals surface area contributed by atoms with Crippen molar-refractivity contribution in [3.63, 3.8) is 0 Å². The van der Waals surface area contributed by atoms with E-state index in [2.05, 4.69) is 4.98 Å². The minimum atomic E-state index is -1.30. The molecule has 1 N–H and O–H groups in total. The van der Waals surface area contributed by atoms with Crippen LogP contribution in [0.4, 0.5) is 14.9 Å². The van der Waals surface area contributed by atoms with Crippen LogP contribution in [-0.4, -0.2) is 21.7 Å². The highest BCUT2D eigenvalue weighted by Gasteiger charge is 2.36. The van der Waals surface area contributed by atoms with Crippen LogP contribution in [0, 0.1) is 24.1 Å². The van der Waals surface area contributed by atoms with Gasteiger partial charge in [0, 0.05) is 11.5 Å². The first-order valence-corrected chi connectivity index (χ1v) is 7.72. The number of carbonyl (C=O) groups is 1. The number of halogens is 1. The molecule has 1 fully saturated rings. The molecule has 0 saturated heterocycles. The summed E-state index contributed by atoms with van der Waals surface area (Å²) >= 11 is 0. The van der Waals surface area contributed by atoms with Gasteiger partial charge in [0.05, 0.1) is 11.3 Å². The van der Waals surface area contributed by atoms with Gasteiger partial charge in [0.25, 0.3) is 0 Å². The predicted molar refractivity (Wildman–Crippen MR) is 85.7 cm³/mol. The van der Waals surface area contributed by atoms with Gasteiger partial charge in [-0.15, -0.1) is 0 Å². The van der Waals surface area contributed by atoms with Gasteiger partial charge in [-0.1, -0.05) is 0 Å². The number of rotatable bonds is 2. The van der Waals surface area contributed by atoms with Gasteiger partial charge in [0.1, 0.15) is 11.6 Å². The van der Waals surface area contributed by atoms with E-state index in [1.165, 1.54) is 6.92 Å². The summed E-state index contributed by atoms with van der Waals surface area (Å²) in [7, 11) is 0. The minimum absolute atomic E-state index is 0.146. The normalized spacial score (nSPS) is 14.7. The summed E-state index contributed by atoms with van der Waals surface area (Å²) in [5, 5.41) is 19.1. The van der Waals surface area contributed by atoms with E-state index >= 15 is 4.39 Å². The fraction of sp³-hybridized carbons (Fsp3) is 0.471. The summed E-state index contributed by atoms with van der Waals surface area (Å²) in [6.07, 6.45) is 0.547. The van der Waals surface area contributed by atoms with Crippen molar-refractivity contribution in [3.8, 4) is 6.07 Å². The fourth-order valence-electron chi connectivity index (χ4n) is 2.85. The fourth-order valence-corrected chi connectivity index (χ4v) is 2.85. The van der Waals surface area contributed by atoms with Crippen molar-refractivity contribution < 1.29 is 18.7 Å². The first-order chi connectivity index (χ1) is 11.2. The molecule has 0 bridgehead atoms. The molecule has 0 spiro atoms. The van der Waals surface area contributed by atoms with Gasteiger partial charge in [-0.25, -0.2) is 14.2 Å². The van der Waals surface area contributed by atoms with Gasteiger partial charge in [0.15, 0.2) is 17.3 Å². The second-order valence-electron chi connectivity index (χ2n) is 7.07.